The Morgan fingerprint density at radius 1 is 1.21 bits per heavy atom. The van der Waals surface area contributed by atoms with Crippen LogP contribution in [0.2, 0.25) is 5.15 Å². The minimum Gasteiger partial charge on any atom is -0.354 e. The second-order valence-electron chi connectivity index (χ2n) is 5.90. The summed E-state index contributed by atoms with van der Waals surface area (Å²) >= 11 is 6.13. The highest BCUT2D eigenvalue weighted by molar-refractivity contribution is 6.31. The van der Waals surface area contributed by atoms with Gasteiger partial charge in [0.15, 0.2) is 11.0 Å². The number of imidazole rings is 1. The molecule has 0 amide bonds. The van der Waals surface area contributed by atoms with Crippen LogP contribution in [-0.2, 0) is 0 Å². The van der Waals surface area contributed by atoms with Gasteiger partial charge in [-0.1, -0.05) is 11.6 Å². The summed E-state index contributed by atoms with van der Waals surface area (Å²) in [6, 6.07) is 7.70. The van der Waals surface area contributed by atoms with E-state index in [1.807, 2.05) is 18.2 Å². The largest absolute Gasteiger partial charge is 0.354 e. The molecule has 1 aliphatic rings. The van der Waals surface area contributed by atoms with Crippen molar-refractivity contribution in [1.29, 1.82) is 5.26 Å². The van der Waals surface area contributed by atoms with Gasteiger partial charge in [-0.05, 0) is 31.0 Å². The van der Waals surface area contributed by atoms with E-state index in [0.29, 0.717) is 16.6 Å². The average Bonchev–Trinajstić information content (AvgIpc) is 3.05. The van der Waals surface area contributed by atoms with Gasteiger partial charge in [0.05, 0.1) is 22.7 Å². The van der Waals surface area contributed by atoms with Gasteiger partial charge in [-0.2, -0.15) is 5.26 Å². The third-order valence-corrected chi connectivity index (χ3v) is 4.71. The number of nitrogens with one attached hydrogen (secondary N) is 1. The molecule has 2 aromatic heterocycles. The van der Waals surface area contributed by atoms with Crippen LogP contribution in [0.15, 0.2) is 30.6 Å². The van der Waals surface area contributed by atoms with E-state index in [4.69, 9.17) is 16.9 Å². The van der Waals surface area contributed by atoms with Gasteiger partial charge < -0.3 is 9.88 Å². The smallest absolute Gasteiger partial charge is 0.171 e. The molecule has 0 spiro atoms. The number of hydrogen-bond donors (Lipinski definition) is 1. The van der Waals surface area contributed by atoms with Crippen molar-refractivity contribution >= 4 is 28.5 Å². The predicted octanol–water partition coefficient (Wildman–Crippen LogP) is 3.26. The van der Waals surface area contributed by atoms with Crippen LogP contribution in [0.4, 0.5) is 5.82 Å². The van der Waals surface area contributed by atoms with Crippen molar-refractivity contribution in [2.24, 2.45) is 0 Å². The normalized spacial score (nSPS) is 15.6. The number of H-pyrrole nitrogens is 1. The summed E-state index contributed by atoms with van der Waals surface area (Å²) in [5.41, 5.74) is 2.46. The Kier molecular flexibility index (Phi) is 3.79. The first-order valence-electron chi connectivity index (χ1n) is 7.86. The van der Waals surface area contributed by atoms with E-state index in [-0.39, 0.29) is 0 Å². The van der Waals surface area contributed by atoms with E-state index in [1.165, 1.54) is 0 Å². The lowest BCUT2D eigenvalue weighted by Gasteiger charge is -2.32. The quantitative estimate of drug-likeness (QED) is 0.775. The minimum absolute atomic E-state index is 0.370. The molecule has 24 heavy (non-hydrogen) atoms. The van der Waals surface area contributed by atoms with E-state index in [2.05, 4.69) is 30.9 Å². The molecule has 0 bridgehead atoms. The topological polar surface area (TPSA) is 81.5 Å². The molecule has 0 radical (unpaired) electrons. The molecule has 1 aromatic carbocycles. The van der Waals surface area contributed by atoms with Crippen LogP contribution in [0, 0.1) is 11.3 Å². The van der Waals surface area contributed by atoms with E-state index in [1.54, 1.807) is 12.4 Å². The predicted molar refractivity (Wildman–Crippen MR) is 92.0 cm³/mol. The van der Waals surface area contributed by atoms with E-state index in [0.717, 1.165) is 48.6 Å². The summed E-state index contributed by atoms with van der Waals surface area (Å²) in [5.74, 6) is 2.11. The highest BCUT2D eigenvalue weighted by atomic mass is 35.5. The van der Waals surface area contributed by atoms with Crippen LogP contribution in [0.5, 0.6) is 0 Å². The Bertz CT molecular complexity index is 920. The van der Waals surface area contributed by atoms with Crippen molar-refractivity contribution in [3.63, 3.8) is 0 Å². The molecule has 0 aliphatic carbocycles. The summed E-state index contributed by atoms with van der Waals surface area (Å²) in [6.07, 6.45) is 5.21. The summed E-state index contributed by atoms with van der Waals surface area (Å²) in [4.78, 5) is 18.7. The van der Waals surface area contributed by atoms with Crippen LogP contribution < -0.4 is 4.90 Å². The SMILES string of the molecule is N#Cc1ccc2[nH]c(C3CCN(c4nccnc4Cl)CC3)nc2c1. The first-order chi connectivity index (χ1) is 11.7. The molecular weight excluding hydrogens is 324 g/mol. The fourth-order valence-electron chi connectivity index (χ4n) is 3.18. The average molecular weight is 339 g/mol. The Morgan fingerprint density at radius 2 is 2.00 bits per heavy atom. The van der Waals surface area contributed by atoms with Crippen LogP contribution >= 0.6 is 11.6 Å². The number of hydrogen-bond acceptors (Lipinski definition) is 5. The molecular formula is C17H15ClN6. The van der Waals surface area contributed by atoms with Crippen LogP contribution in [0.1, 0.15) is 30.1 Å². The van der Waals surface area contributed by atoms with Crippen molar-refractivity contribution in [1.82, 2.24) is 19.9 Å². The highest BCUT2D eigenvalue weighted by Crippen LogP contribution is 2.31. The molecule has 0 atom stereocenters. The monoisotopic (exact) mass is 338 g/mol. The number of aromatic nitrogens is 4. The fraction of sp³-hybridized carbons (Fsp3) is 0.294. The summed E-state index contributed by atoms with van der Waals surface area (Å²) < 4.78 is 0. The molecule has 3 aromatic rings. The standard InChI is InChI=1S/C17H15ClN6/c18-15-17(21-6-5-20-15)24-7-3-12(4-8-24)16-22-13-2-1-11(10-19)9-14(13)23-16/h1-2,5-6,9,12H,3-4,7-8H2,(H,22,23). The van der Waals surface area contributed by atoms with Gasteiger partial charge in [0.1, 0.15) is 5.82 Å². The van der Waals surface area contributed by atoms with Gasteiger partial charge >= 0.3 is 0 Å². The molecule has 1 saturated heterocycles. The number of benzene rings is 1. The zero-order valence-electron chi connectivity index (χ0n) is 12.9. The Labute approximate surface area is 144 Å². The molecule has 7 heteroatoms. The maximum Gasteiger partial charge on any atom is 0.171 e. The van der Waals surface area contributed by atoms with Gasteiger partial charge in [-0.3, -0.25) is 0 Å². The zero-order chi connectivity index (χ0) is 16.5. The maximum atomic E-state index is 9.00. The summed E-state index contributed by atoms with van der Waals surface area (Å²) in [5, 5.41) is 9.44. The molecule has 120 valence electrons. The lowest BCUT2D eigenvalue weighted by Crippen LogP contribution is -2.34. The molecule has 0 saturated carbocycles. The number of aromatic amines is 1. The van der Waals surface area contributed by atoms with Gasteiger partial charge in [-0.25, -0.2) is 15.0 Å². The highest BCUT2D eigenvalue weighted by Gasteiger charge is 2.25. The number of halogens is 1. The van der Waals surface area contributed by atoms with E-state index < -0.39 is 0 Å². The first kappa shape index (κ1) is 14.9. The number of anilines is 1. The first-order valence-corrected chi connectivity index (χ1v) is 8.23. The second kappa shape index (κ2) is 6.10. The van der Waals surface area contributed by atoms with Crippen LogP contribution in [0.25, 0.3) is 11.0 Å². The minimum atomic E-state index is 0.370. The lowest BCUT2D eigenvalue weighted by atomic mass is 9.96. The van der Waals surface area contributed by atoms with Crippen molar-refractivity contribution < 1.29 is 0 Å². The Morgan fingerprint density at radius 3 is 2.75 bits per heavy atom. The third kappa shape index (κ3) is 2.68. The zero-order valence-corrected chi connectivity index (χ0v) is 13.7. The molecule has 1 N–H and O–H groups in total. The molecule has 1 aliphatic heterocycles. The Balaban J connectivity index is 1.52. The van der Waals surface area contributed by atoms with Crippen LogP contribution in [-0.4, -0.2) is 33.0 Å². The second-order valence-corrected chi connectivity index (χ2v) is 6.26. The number of rotatable bonds is 2. The van der Waals surface area contributed by atoms with E-state index >= 15 is 0 Å². The molecule has 3 heterocycles. The molecule has 1 fully saturated rings. The van der Waals surface area contributed by atoms with E-state index in [9.17, 15) is 0 Å². The maximum absolute atomic E-state index is 9.00. The summed E-state index contributed by atoms with van der Waals surface area (Å²) in [7, 11) is 0. The third-order valence-electron chi connectivity index (χ3n) is 4.45. The Hall–Kier alpha value is -2.65. The van der Waals surface area contributed by atoms with Crippen LogP contribution in [0.3, 0.4) is 0 Å². The van der Waals surface area contributed by atoms with Crippen molar-refractivity contribution in [2.45, 2.75) is 18.8 Å². The summed E-state index contributed by atoms with van der Waals surface area (Å²) in [6.45, 7) is 1.73. The van der Waals surface area contributed by atoms with Crippen molar-refractivity contribution in [3.8, 4) is 6.07 Å². The molecule has 4 rings (SSSR count). The number of piperidine rings is 1. The van der Waals surface area contributed by atoms with Gasteiger partial charge in [0.25, 0.3) is 0 Å². The number of fused-ring (bicyclic) bond motifs is 1. The molecule has 6 nitrogen and oxygen atoms in total. The lowest BCUT2D eigenvalue weighted by molar-refractivity contribution is 0.487. The van der Waals surface area contributed by atoms with Gasteiger partial charge in [0.2, 0.25) is 0 Å². The van der Waals surface area contributed by atoms with Crippen molar-refractivity contribution in [2.75, 3.05) is 18.0 Å². The molecule has 0 unspecified atom stereocenters. The van der Waals surface area contributed by atoms with Gasteiger partial charge in [-0.15, -0.1) is 0 Å². The van der Waals surface area contributed by atoms with Gasteiger partial charge in [0, 0.05) is 31.4 Å². The number of nitrogens with zero attached hydrogens (tertiary/aromatic N) is 5. The fourth-order valence-corrected chi connectivity index (χ4v) is 3.40. The van der Waals surface area contributed by atoms with Crippen molar-refractivity contribution in [3.05, 3.63) is 47.1 Å². The number of nitriles is 1.